The highest BCUT2D eigenvalue weighted by atomic mass is 16.2. The van der Waals surface area contributed by atoms with Crippen molar-refractivity contribution in [3.63, 3.8) is 0 Å². The van der Waals surface area contributed by atoms with E-state index in [4.69, 9.17) is 0 Å². The smallest absolute Gasteiger partial charge is 0.257 e. The lowest BCUT2D eigenvalue weighted by atomic mass is 10.1. The number of amides is 2. The van der Waals surface area contributed by atoms with Gasteiger partial charge in [-0.2, -0.15) is 0 Å². The SMILES string of the molecule is C[C@H](NC(=O)c1ccc(NC(=O)c2cccnc2)cc1)c1ccccc1. The Hall–Kier alpha value is -3.47. The maximum Gasteiger partial charge on any atom is 0.257 e. The van der Waals surface area contributed by atoms with Crippen LogP contribution in [0.1, 0.15) is 39.2 Å². The number of nitrogens with one attached hydrogen (secondary N) is 2. The Balaban J connectivity index is 1.62. The second-order valence-electron chi connectivity index (χ2n) is 5.88. The topological polar surface area (TPSA) is 71.1 Å². The first-order valence-electron chi connectivity index (χ1n) is 8.31. The van der Waals surface area contributed by atoms with Crippen LogP contribution in [0.3, 0.4) is 0 Å². The van der Waals surface area contributed by atoms with Crippen LogP contribution in [0, 0.1) is 0 Å². The summed E-state index contributed by atoms with van der Waals surface area (Å²) in [5, 5.41) is 5.74. The Bertz CT molecular complexity index is 878. The number of hydrogen-bond donors (Lipinski definition) is 2. The minimum atomic E-state index is -0.243. The fourth-order valence-corrected chi connectivity index (χ4v) is 2.51. The van der Waals surface area contributed by atoms with Crippen molar-refractivity contribution in [2.75, 3.05) is 5.32 Å². The molecule has 0 aliphatic carbocycles. The number of nitrogens with zero attached hydrogens (tertiary/aromatic N) is 1. The lowest BCUT2D eigenvalue weighted by Crippen LogP contribution is -2.26. The van der Waals surface area contributed by atoms with Gasteiger partial charge in [0, 0.05) is 23.6 Å². The third-order valence-electron chi connectivity index (χ3n) is 3.98. The van der Waals surface area contributed by atoms with Crippen LogP contribution in [0.25, 0.3) is 0 Å². The summed E-state index contributed by atoms with van der Waals surface area (Å²) in [5.74, 6) is -0.403. The molecule has 3 rings (SSSR count). The summed E-state index contributed by atoms with van der Waals surface area (Å²) in [5.41, 5.74) is 2.67. The summed E-state index contributed by atoms with van der Waals surface area (Å²) in [6.45, 7) is 1.94. The fourth-order valence-electron chi connectivity index (χ4n) is 2.51. The number of carbonyl (C=O) groups is 2. The molecule has 0 saturated heterocycles. The molecule has 0 saturated carbocycles. The molecule has 2 aromatic carbocycles. The first-order chi connectivity index (χ1) is 12.6. The summed E-state index contributed by atoms with van der Waals surface area (Å²) in [6, 6.07) is 19.9. The highest BCUT2D eigenvalue weighted by molar-refractivity contribution is 6.04. The largest absolute Gasteiger partial charge is 0.346 e. The molecule has 26 heavy (non-hydrogen) atoms. The molecule has 0 aliphatic rings. The van der Waals surface area contributed by atoms with Crippen LogP contribution in [0.5, 0.6) is 0 Å². The highest BCUT2D eigenvalue weighted by Crippen LogP contribution is 2.14. The van der Waals surface area contributed by atoms with E-state index in [1.54, 1.807) is 42.6 Å². The average Bonchev–Trinajstić information content (AvgIpc) is 2.69. The zero-order valence-corrected chi connectivity index (χ0v) is 14.3. The number of aromatic nitrogens is 1. The van der Waals surface area contributed by atoms with E-state index in [0.717, 1.165) is 5.56 Å². The monoisotopic (exact) mass is 345 g/mol. The molecule has 5 heteroatoms. The van der Waals surface area contributed by atoms with E-state index in [1.165, 1.54) is 6.20 Å². The standard InChI is InChI=1S/C21H19N3O2/c1-15(16-6-3-2-4-7-16)23-20(25)17-9-11-19(12-10-17)24-21(26)18-8-5-13-22-14-18/h2-15H,1H3,(H,23,25)(H,24,26)/t15-/m0/s1. The quantitative estimate of drug-likeness (QED) is 0.738. The molecule has 1 heterocycles. The molecule has 5 nitrogen and oxygen atoms in total. The van der Waals surface area contributed by atoms with Gasteiger partial charge in [0.2, 0.25) is 0 Å². The van der Waals surface area contributed by atoms with Gasteiger partial charge in [-0.1, -0.05) is 30.3 Å². The number of anilines is 1. The Morgan fingerprint density at radius 2 is 1.58 bits per heavy atom. The summed E-state index contributed by atoms with van der Waals surface area (Å²) >= 11 is 0. The molecule has 0 radical (unpaired) electrons. The fraction of sp³-hybridized carbons (Fsp3) is 0.0952. The van der Waals surface area contributed by atoms with E-state index >= 15 is 0 Å². The Morgan fingerprint density at radius 1 is 0.846 bits per heavy atom. The molecule has 3 aromatic rings. The van der Waals surface area contributed by atoms with Gasteiger partial charge in [0.25, 0.3) is 11.8 Å². The van der Waals surface area contributed by atoms with E-state index in [2.05, 4.69) is 15.6 Å². The predicted molar refractivity (Wildman–Crippen MR) is 101 cm³/mol. The van der Waals surface area contributed by atoms with Crippen LogP contribution in [0.15, 0.2) is 79.1 Å². The molecule has 0 unspecified atom stereocenters. The highest BCUT2D eigenvalue weighted by Gasteiger charge is 2.12. The van der Waals surface area contributed by atoms with Crippen LogP contribution < -0.4 is 10.6 Å². The van der Waals surface area contributed by atoms with Gasteiger partial charge in [-0.3, -0.25) is 14.6 Å². The molecule has 2 N–H and O–H groups in total. The average molecular weight is 345 g/mol. The van der Waals surface area contributed by atoms with Crippen LogP contribution in [-0.2, 0) is 0 Å². The van der Waals surface area contributed by atoms with Crippen molar-refractivity contribution >= 4 is 17.5 Å². The van der Waals surface area contributed by atoms with Crippen LogP contribution in [0.2, 0.25) is 0 Å². The maximum absolute atomic E-state index is 12.4. The first-order valence-corrected chi connectivity index (χ1v) is 8.31. The van der Waals surface area contributed by atoms with Gasteiger partial charge in [-0.05, 0) is 48.9 Å². The van der Waals surface area contributed by atoms with Crippen molar-refractivity contribution in [3.05, 3.63) is 95.8 Å². The Morgan fingerprint density at radius 3 is 2.23 bits per heavy atom. The van der Waals surface area contributed by atoms with Crippen molar-refractivity contribution < 1.29 is 9.59 Å². The van der Waals surface area contributed by atoms with E-state index < -0.39 is 0 Å². The van der Waals surface area contributed by atoms with Crippen molar-refractivity contribution in [2.45, 2.75) is 13.0 Å². The minimum Gasteiger partial charge on any atom is -0.346 e. The second kappa shape index (κ2) is 8.07. The van der Waals surface area contributed by atoms with Crippen LogP contribution in [0.4, 0.5) is 5.69 Å². The van der Waals surface area contributed by atoms with Crippen LogP contribution in [-0.4, -0.2) is 16.8 Å². The molecule has 0 spiro atoms. The molecular weight excluding hydrogens is 326 g/mol. The van der Waals surface area contributed by atoms with Gasteiger partial charge in [-0.15, -0.1) is 0 Å². The van der Waals surface area contributed by atoms with Crippen molar-refractivity contribution in [3.8, 4) is 0 Å². The Labute approximate surface area is 152 Å². The van der Waals surface area contributed by atoms with Crippen molar-refractivity contribution in [1.29, 1.82) is 0 Å². The summed E-state index contributed by atoms with van der Waals surface area (Å²) in [7, 11) is 0. The number of pyridine rings is 1. The van der Waals surface area contributed by atoms with Gasteiger partial charge < -0.3 is 10.6 Å². The molecule has 0 aliphatic heterocycles. The lowest BCUT2D eigenvalue weighted by molar-refractivity contribution is 0.0939. The Kier molecular flexibility index (Phi) is 5.39. The van der Waals surface area contributed by atoms with E-state index in [9.17, 15) is 9.59 Å². The van der Waals surface area contributed by atoms with E-state index in [-0.39, 0.29) is 17.9 Å². The maximum atomic E-state index is 12.4. The predicted octanol–water partition coefficient (Wildman–Crippen LogP) is 3.82. The van der Waals surface area contributed by atoms with Gasteiger partial charge in [0.15, 0.2) is 0 Å². The van der Waals surface area contributed by atoms with Crippen molar-refractivity contribution in [1.82, 2.24) is 10.3 Å². The number of rotatable bonds is 5. The number of benzene rings is 2. The third-order valence-corrected chi connectivity index (χ3v) is 3.98. The van der Waals surface area contributed by atoms with Gasteiger partial charge >= 0.3 is 0 Å². The molecular formula is C21H19N3O2. The van der Waals surface area contributed by atoms with Crippen molar-refractivity contribution in [2.24, 2.45) is 0 Å². The van der Waals surface area contributed by atoms with Gasteiger partial charge in [-0.25, -0.2) is 0 Å². The molecule has 1 aromatic heterocycles. The van der Waals surface area contributed by atoms with Crippen LogP contribution >= 0.6 is 0 Å². The summed E-state index contributed by atoms with van der Waals surface area (Å²) in [6.07, 6.45) is 3.11. The zero-order chi connectivity index (χ0) is 18.4. The second-order valence-corrected chi connectivity index (χ2v) is 5.88. The molecule has 2 amide bonds. The summed E-state index contributed by atoms with van der Waals surface area (Å²) < 4.78 is 0. The van der Waals surface area contributed by atoms with E-state index in [1.807, 2.05) is 37.3 Å². The zero-order valence-electron chi connectivity index (χ0n) is 14.3. The molecule has 1 atom stereocenters. The molecule has 0 fully saturated rings. The van der Waals surface area contributed by atoms with Gasteiger partial charge in [0.1, 0.15) is 0 Å². The van der Waals surface area contributed by atoms with E-state index in [0.29, 0.717) is 16.8 Å². The first kappa shape index (κ1) is 17.4. The van der Waals surface area contributed by atoms with Gasteiger partial charge in [0.05, 0.1) is 11.6 Å². The third kappa shape index (κ3) is 4.33. The normalized spacial score (nSPS) is 11.4. The molecule has 0 bridgehead atoms. The number of hydrogen-bond acceptors (Lipinski definition) is 3. The minimum absolute atomic E-state index is 0.0892. The lowest BCUT2D eigenvalue weighted by Gasteiger charge is -2.14. The summed E-state index contributed by atoms with van der Waals surface area (Å²) in [4.78, 5) is 28.4. The molecule has 130 valence electrons. The number of carbonyl (C=O) groups excluding carboxylic acids is 2.